The van der Waals surface area contributed by atoms with E-state index in [1.807, 2.05) is 91.0 Å². The number of ether oxygens (including phenoxy) is 2. The van der Waals surface area contributed by atoms with Crippen LogP contribution < -0.4 is 14.8 Å². The summed E-state index contributed by atoms with van der Waals surface area (Å²) in [4.78, 5) is 10.6. The van der Waals surface area contributed by atoms with Gasteiger partial charge in [0, 0.05) is 0 Å². The van der Waals surface area contributed by atoms with Crippen molar-refractivity contribution in [3.63, 3.8) is 0 Å². The highest BCUT2D eigenvalue weighted by atomic mass is 16.5. The number of amides is 1. The van der Waals surface area contributed by atoms with Crippen molar-refractivity contribution < 1.29 is 19.4 Å². The fourth-order valence-corrected chi connectivity index (χ4v) is 4.36. The molecule has 0 unspecified atom stereocenters. The Kier molecular flexibility index (Phi) is 9.36. The van der Waals surface area contributed by atoms with E-state index in [2.05, 4.69) is 30.4 Å². The maximum Gasteiger partial charge on any atom is 0.404 e. The van der Waals surface area contributed by atoms with Gasteiger partial charge in [0.15, 0.2) is 0 Å². The van der Waals surface area contributed by atoms with Crippen molar-refractivity contribution in [2.45, 2.75) is 20.0 Å². The van der Waals surface area contributed by atoms with Gasteiger partial charge in [0.25, 0.3) is 0 Å². The second kappa shape index (κ2) is 13.5. The van der Waals surface area contributed by atoms with Gasteiger partial charge >= 0.3 is 6.09 Å². The predicted octanol–water partition coefficient (Wildman–Crippen LogP) is 7.15. The minimum Gasteiger partial charge on any atom is -0.492 e. The summed E-state index contributed by atoms with van der Waals surface area (Å²) in [6, 6.07) is 35.8. The molecular weight excluding hydrogens is 488 g/mol. The summed E-state index contributed by atoms with van der Waals surface area (Å²) in [6.07, 6.45) is -0.294. The molecule has 196 valence electrons. The molecule has 4 rings (SSSR count). The molecule has 2 N–H and O–H groups in total. The highest BCUT2D eigenvalue weighted by Crippen LogP contribution is 2.36. The van der Waals surface area contributed by atoms with Crippen LogP contribution in [0, 0.1) is 11.3 Å². The van der Waals surface area contributed by atoms with Gasteiger partial charge in [-0.25, -0.2) is 4.79 Å². The average molecular weight is 519 g/mol. The minimum atomic E-state index is -1.08. The Hall–Kier alpha value is -5.02. The van der Waals surface area contributed by atoms with Crippen molar-refractivity contribution in [2.75, 3.05) is 13.2 Å². The quantitative estimate of drug-likeness (QED) is 0.162. The molecule has 0 radical (unpaired) electrons. The maximum atomic E-state index is 10.6. The van der Waals surface area contributed by atoms with Crippen LogP contribution in [0.4, 0.5) is 4.79 Å². The Balaban J connectivity index is 1.69. The third-order valence-electron chi connectivity index (χ3n) is 6.19. The molecule has 6 nitrogen and oxygen atoms in total. The largest absolute Gasteiger partial charge is 0.492 e. The molecule has 0 atom stereocenters. The molecule has 0 aliphatic rings. The van der Waals surface area contributed by atoms with Crippen molar-refractivity contribution in [3.8, 4) is 17.6 Å². The molecule has 6 heteroatoms. The Labute approximate surface area is 228 Å². The predicted molar refractivity (Wildman–Crippen MR) is 153 cm³/mol. The molecule has 0 saturated heterocycles. The van der Waals surface area contributed by atoms with E-state index in [1.165, 1.54) is 0 Å². The minimum absolute atomic E-state index is 0.200. The molecule has 0 fully saturated rings. The summed E-state index contributed by atoms with van der Waals surface area (Å²) in [6.45, 7) is 2.93. The van der Waals surface area contributed by atoms with Crippen LogP contribution in [-0.2, 0) is 6.61 Å². The summed E-state index contributed by atoms with van der Waals surface area (Å²) >= 11 is 0. The number of hydrogen-bond acceptors (Lipinski definition) is 4. The number of rotatable bonds is 11. The monoisotopic (exact) mass is 518 g/mol. The second-order valence-corrected chi connectivity index (χ2v) is 8.77. The second-order valence-electron chi connectivity index (χ2n) is 8.77. The number of carbonyl (C=O) groups is 1. The van der Waals surface area contributed by atoms with E-state index in [1.54, 1.807) is 0 Å². The van der Waals surface area contributed by atoms with Crippen LogP contribution in [0.1, 0.15) is 41.2 Å². The van der Waals surface area contributed by atoms with Crippen molar-refractivity contribution in [1.29, 1.82) is 5.26 Å². The fourth-order valence-electron chi connectivity index (χ4n) is 4.36. The summed E-state index contributed by atoms with van der Waals surface area (Å²) in [7, 11) is 0. The summed E-state index contributed by atoms with van der Waals surface area (Å²) in [5.41, 5.74) is 6.68. The average Bonchev–Trinajstić information content (AvgIpc) is 2.98. The lowest BCUT2D eigenvalue weighted by Gasteiger charge is -2.18. The number of allylic oxidation sites excluding steroid dienone is 1. The van der Waals surface area contributed by atoms with Gasteiger partial charge in [-0.15, -0.1) is 0 Å². The number of benzene rings is 4. The summed E-state index contributed by atoms with van der Waals surface area (Å²) in [5.74, 6) is 1.19. The van der Waals surface area contributed by atoms with Gasteiger partial charge in [-0.2, -0.15) is 5.26 Å². The fraction of sp³-hybridized carbons (Fsp3) is 0.152. The van der Waals surface area contributed by atoms with E-state index in [-0.39, 0.29) is 13.2 Å². The standard InChI is InChI=1S/C33H30N2O4/c1-2-30(25-11-7-4-8-12-25)32(26-13-16-29(17-14-26)38-20-19-35-33(36)37)27-15-18-31(28(21-27)22-34)39-23-24-9-5-3-6-10-24/h3-18,21,35H,2,19-20,23H2,1H3,(H,36,37)/b32-30+. The smallest absolute Gasteiger partial charge is 0.404 e. The van der Waals surface area contributed by atoms with Crippen LogP contribution in [0.15, 0.2) is 103 Å². The van der Waals surface area contributed by atoms with Crippen molar-refractivity contribution in [1.82, 2.24) is 5.32 Å². The first-order valence-corrected chi connectivity index (χ1v) is 12.8. The van der Waals surface area contributed by atoms with Crippen LogP contribution in [0.5, 0.6) is 11.5 Å². The van der Waals surface area contributed by atoms with E-state index in [9.17, 15) is 10.1 Å². The Morgan fingerprint density at radius 3 is 2.15 bits per heavy atom. The number of carboxylic acid groups (broad SMARTS) is 1. The SMILES string of the molecule is CC/C(=C(/c1ccc(OCCNC(=O)O)cc1)c1ccc(OCc2ccccc2)c(C#N)c1)c1ccccc1. The third kappa shape index (κ3) is 7.27. The summed E-state index contributed by atoms with van der Waals surface area (Å²) < 4.78 is 11.7. The van der Waals surface area contributed by atoms with Crippen LogP contribution in [0.2, 0.25) is 0 Å². The molecule has 0 saturated carbocycles. The Morgan fingerprint density at radius 1 is 0.846 bits per heavy atom. The van der Waals surface area contributed by atoms with Gasteiger partial charge in [0.2, 0.25) is 0 Å². The van der Waals surface area contributed by atoms with Gasteiger partial charge < -0.3 is 19.9 Å². The van der Waals surface area contributed by atoms with Gasteiger partial charge in [-0.1, -0.05) is 85.8 Å². The van der Waals surface area contributed by atoms with E-state index < -0.39 is 6.09 Å². The lowest BCUT2D eigenvalue weighted by atomic mass is 9.87. The zero-order chi connectivity index (χ0) is 27.5. The lowest BCUT2D eigenvalue weighted by molar-refractivity contribution is 0.191. The maximum absolute atomic E-state index is 10.6. The molecule has 0 aliphatic carbocycles. The summed E-state index contributed by atoms with van der Waals surface area (Å²) in [5, 5.41) is 21.0. The highest BCUT2D eigenvalue weighted by Gasteiger charge is 2.16. The molecular formula is C33H30N2O4. The van der Waals surface area contributed by atoms with E-state index in [4.69, 9.17) is 14.6 Å². The molecule has 0 heterocycles. The lowest BCUT2D eigenvalue weighted by Crippen LogP contribution is -2.26. The zero-order valence-electron chi connectivity index (χ0n) is 21.8. The third-order valence-corrected chi connectivity index (χ3v) is 6.19. The molecule has 0 aliphatic heterocycles. The molecule has 1 amide bonds. The van der Waals surface area contributed by atoms with Crippen molar-refractivity contribution >= 4 is 17.2 Å². The first-order valence-electron chi connectivity index (χ1n) is 12.8. The van der Waals surface area contributed by atoms with Crippen molar-refractivity contribution in [2.24, 2.45) is 0 Å². The molecule has 4 aromatic rings. The number of hydrogen-bond donors (Lipinski definition) is 2. The van der Waals surface area contributed by atoms with E-state index in [0.29, 0.717) is 23.7 Å². The molecule has 39 heavy (non-hydrogen) atoms. The molecule has 4 aromatic carbocycles. The Bertz CT molecular complexity index is 1460. The number of nitrogens with zero attached hydrogens (tertiary/aromatic N) is 1. The van der Waals surface area contributed by atoms with Crippen LogP contribution >= 0.6 is 0 Å². The Morgan fingerprint density at radius 2 is 1.51 bits per heavy atom. The van der Waals surface area contributed by atoms with Crippen LogP contribution in [-0.4, -0.2) is 24.4 Å². The topological polar surface area (TPSA) is 91.6 Å². The normalized spacial score (nSPS) is 11.2. The van der Waals surface area contributed by atoms with Gasteiger partial charge in [-0.05, 0) is 64.1 Å². The zero-order valence-corrected chi connectivity index (χ0v) is 21.8. The highest BCUT2D eigenvalue weighted by molar-refractivity contribution is 5.98. The molecule has 0 aromatic heterocycles. The van der Waals surface area contributed by atoms with Crippen molar-refractivity contribution in [3.05, 3.63) is 131 Å². The van der Waals surface area contributed by atoms with Crippen LogP contribution in [0.25, 0.3) is 11.1 Å². The van der Waals surface area contributed by atoms with Gasteiger partial charge in [-0.3, -0.25) is 0 Å². The van der Waals surface area contributed by atoms with Gasteiger partial charge in [0.1, 0.15) is 30.8 Å². The van der Waals surface area contributed by atoms with Gasteiger partial charge in [0.05, 0.1) is 12.1 Å². The number of nitriles is 1. The first kappa shape index (κ1) is 27.0. The van der Waals surface area contributed by atoms with E-state index in [0.717, 1.165) is 39.8 Å². The molecule has 0 spiro atoms. The molecule has 0 bridgehead atoms. The van der Waals surface area contributed by atoms with Crippen LogP contribution in [0.3, 0.4) is 0 Å². The number of nitrogens with one attached hydrogen (secondary N) is 1. The van der Waals surface area contributed by atoms with E-state index >= 15 is 0 Å². The first-order chi connectivity index (χ1) is 19.1.